The van der Waals surface area contributed by atoms with Crippen molar-refractivity contribution in [3.63, 3.8) is 0 Å². The van der Waals surface area contributed by atoms with Crippen LogP contribution in [0.3, 0.4) is 0 Å². The molecule has 1 saturated heterocycles. The van der Waals surface area contributed by atoms with E-state index in [-0.39, 0.29) is 17.4 Å². The van der Waals surface area contributed by atoms with Gasteiger partial charge in [-0.1, -0.05) is 37.3 Å². The van der Waals surface area contributed by atoms with Crippen molar-refractivity contribution in [1.29, 1.82) is 0 Å². The van der Waals surface area contributed by atoms with Gasteiger partial charge in [0.05, 0.1) is 5.92 Å². The van der Waals surface area contributed by atoms with E-state index in [1.807, 2.05) is 41.3 Å². The Hall–Kier alpha value is -2.36. The Bertz CT molecular complexity index is 731. The van der Waals surface area contributed by atoms with Crippen LogP contribution in [0.4, 0.5) is 0 Å². The first-order chi connectivity index (χ1) is 11.7. The highest BCUT2D eigenvalue weighted by atomic mass is 16.2. The summed E-state index contributed by atoms with van der Waals surface area (Å²) < 4.78 is 0. The van der Waals surface area contributed by atoms with Crippen LogP contribution in [0.2, 0.25) is 0 Å². The molecule has 0 spiro atoms. The molecule has 1 atom stereocenters. The van der Waals surface area contributed by atoms with Crippen LogP contribution >= 0.6 is 0 Å². The van der Waals surface area contributed by atoms with Crippen LogP contribution < -0.4 is 5.56 Å². The number of carbonyl (C=O) groups is 1. The van der Waals surface area contributed by atoms with E-state index in [1.165, 1.54) is 0 Å². The molecule has 1 aliphatic rings. The number of nitrogens with zero attached hydrogens (tertiary/aromatic N) is 1. The van der Waals surface area contributed by atoms with Crippen LogP contribution in [0.25, 0.3) is 0 Å². The third-order valence-corrected chi connectivity index (χ3v) is 4.99. The van der Waals surface area contributed by atoms with Gasteiger partial charge in [0.25, 0.3) is 0 Å². The third kappa shape index (κ3) is 3.58. The highest BCUT2D eigenvalue weighted by Gasteiger charge is 2.28. The molecule has 1 unspecified atom stereocenters. The Labute approximate surface area is 142 Å². The summed E-state index contributed by atoms with van der Waals surface area (Å²) in [5, 5.41) is 0. The van der Waals surface area contributed by atoms with Crippen molar-refractivity contribution in [1.82, 2.24) is 9.88 Å². The zero-order valence-corrected chi connectivity index (χ0v) is 14.1. The third-order valence-electron chi connectivity index (χ3n) is 4.99. The Kier molecular flexibility index (Phi) is 5.14. The molecule has 1 aromatic heterocycles. The minimum atomic E-state index is -0.0545. The molecular formula is C20H24N2O2. The fourth-order valence-electron chi connectivity index (χ4n) is 3.61. The van der Waals surface area contributed by atoms with Gasteiger partial charge in [-0.3, -0.25) is 9.59 Å². The Morgan fingerprint density at radius 3 is 2.54 bits per heavy atom. The molecule has 0 saturated carbocycles. The van der Waals surface area contributed by atoms with Gasteiger partial charge in [0.15, 0.2) is 0 Å². The summed E-state index contributed by atoms with van der Waals surface area (Å²) >= 11 is 0. The summed E-state index contributed by atoms with van der Waals surface area (Å²) in [5.41, 5.74) is 2.13. The van der Waals surface area contributed by atoms with E-state index in [9.17, 15) is 9.59 Å². The van der Waals surface area contributed by atoms with Crippen molar-refractivity contribution in [3.8, 4) is 0 Å². The Morgan fingerprint density at radius 2 is 1.92 bits per heavy atom. The second-order valence-electron chi connectivity index (χ2n) is 6.46. The fraction of sp³-hybridized carbons (Fsp3) is 0.400. The highest BCUT2D eigenvalue weighted by molar-refractivity contribution is 5.83. The van der Waals surface area contributed by atoms with Crippen molar-refractivity contribution < 1.29 is 4.79 Å². The standard InChI is InChI=1S/C20H24N2O2/c1-2-18(16-6-4-3-5-7-16)20(24)22-12-9-15(10-13-22)17-8-11-21-19(23)14-17/h3-8,11,14-15,18H,2,9-10,12-13H2,1H3,(H,21,23). The number of likely N-dealkylation sites (tertiary alicyclic amines) is 1. The van der Waals surface area contributed by atoms with Gasteiger partial charge in [-0.2, -0.15) is 0 Å². The molecule has 0 radical (unpaired) electrons. The summed E-state index contributed by atoms with van der Waals surface area (Å²) in [5.74, 6) is 0.545. The Balaban J connectivity index is 1.65. The number of rotatable bonds is 4. The van der Waals surface area contributed by atoms with Gasteiger partial charge in [-0.05, 0) is 42.4 Å². The van der Waals surface area contributed by atoms with E-state index in [2.05, 4.69) is 11.9 Å². The smallest absolute Gasteiger partial charge is 0.248 e. The molecule has 0 aliphatic carbocycles. The van der Waals surface area contributed by atoms with E-state index in [0.717, 1.165) is 43.5 Å². The number of pyridine rings is 1. The molecule has 1 aliphatic heterocycles. The van der Waals surface area contributed by atoms with Crippen molar-refractivity contribution in [3.05, 3.63) is 70.1 Å². The number of piperidine rings is 1. The molecule has 1 fully saturated rings. The second-order valence-corrected chi connectivity index (χ2v) is 6.46. The Morgan fingerprint density at radius 1 is 1.21 bits per heavy atom. The quantitative estimate of drug-likeness (QED) is 0.938. The van der Waals surface area contributed by atoms with Gasteiger partial charge in [-0.25, -0.2) is 0 Å². The molecule has 126 valence electrons. The van der Waals surface area contributed by atoms with Gasteiger partial charge in [0, 0.05) is 25.4 Å². The van der Waals surface area contributed by atoms with Gasteiger partial charge in [0.1, 0.15) is 0 Å². The normalized spacial score (nSPS) is 16.8. The van der Waals surface area contributed by atoms with Crippen molar-refractivity contribution in [2.45, 2.75) is 38.0 Å². The zero-order chi connectivity index (χ0) is 16.9. The minimum Gasteiger partial charge on any atom is -0.342 e. The molecule has 0 bridgehead atoms. The molecule has 1 N–H and O–H groups in total. The summed E-state index contributed by atoms with van der Waals surface area (Å²) in [7, 11) is 0. The lowest BCUT2D eigenvalue weighted by atomic mass is 9.88. The fourth-order valence-corrected chi connectivity index (χ4v) is 3.61. The van der Waals surface area contributed by atoms with E-state index < -0.39 is 0 Å². The van der Waals surface area contributed by atoms with Crippen LogP contribution in [0.1, 0.15) is 49.1 Å². The van der Waals surface area contributed by atoms with E-state index >= 15 is 0 Å². The van der Waals surface area contributed by atoms with Crippen molar-refractivity contribution in [2.24, 2.45) is 0 Å². The van der Waals surface area contributed by atoms with E-state index in [0.29, 0.717) is 5.92 Å². The van der Waals surface area contributed by atoms with Crippen LogP contribution in [-0.2, 0) is 4.79 Å². The first kappa shape index (κ1) is 16.5. The number of amides is 1. The van der Waals surface area contributed by atoms with Crippen LogP contribution in [-0.4, -0.2) is 28.9 Å². The average molecular weight is 324 g/mol. The number of H-pyrrole nitrogens is 1. The monoisotopic (exact) mass is 324 g/mol. The van der Waals surface area contributed by atoms with Gasteiger partial charge in [-0.15, -0.1) is 0 Å². The van der Waals surface area contributed by atoms with Crippen LogP contribution in [0.15, 0.2) is 53.5 Å². The topological polar surface area (TPSA) is 53.2 Å². The first-order valence-electron chi connectivity index (χ1n) is 8.71. The van der Waals surface area contributed by atoms with Crippen LogP contribution in [0.5, 0.6) is 0 Å². The number of aromatic nitrogens is 1. The predicted octanol–water partition coefficient (Wildman–Crippen LogP) is 3.27. The lowest BCUT2D eigenvalue weighted by Gasteiger charge is -2.34. The minimum absolute atomic E-state index is 0.0534. The number of carbonyl (C=O) groups excluding carboxylic acids is 1. The zero-order valence-electron chi connectivity index (χ0n) is 14.1. The molecule has 1 amide bonds. The molecule has 1 aromatic carbocycles. The van der Waals surface area contributed by atoms with Gasteiger partial charge >= 0.3 is 0 Å². The number of hydrogen-bond acceptors (Lipinski definition) is 2. The SMILES string of the molecule is CCC(C(=O)N1CCC(c2cc[nH]c(=O)c2)CC1)c1ccccc1. The lowest BCUT2D eigenvalue weighted by molar-refractivity contribution is -0.134. The number of benzene rings is 1. The summed E-state index contributed by atoms with van der Waals surface area (Å²) in [6.45, 7) is 3.60. The average Bonchev–Trinajstić information content (AvgIpc) is 2.63. The summed E-state index contributed by atoms with van der Waals surface area (Å²) in [4.78, 5) is 29.0. The van der Waals surface area contributed by atoms with Crippen LogP contribution in [0, 0.1) is 0 Å². The maximum Gasteiger partial charge on any atom is 0.248 e. The highest BCUT2D eigenvalue weighted by Crippen LogP contribution is 2.30. The van der Waals surface area contributed by atoms with Gasteiger partial charge in [0.2, 0.25) is 11.5 Å². The molecule has 4 nitrogen and oxygen atoms in total. The van der Waals surface area contributed by atoms with E-state index in [4.69, 9.17) is 0 Å². The van der Waals surface area contributed by atoms with E-state index in [1.54, 1.807) is 12.3 Å². The maximum absolute atomic E-state index is 12.9. The second kappa shape index (κ2) is 7.47. The molecule has 2 heterocycles. The molecule has 2 aromatic rings. The summed E-state index contributed by atoms with van der Waals surface area (Å²) in [6.07, 6.45) is 4.36. The largest absolute Gasteiger partial charge is 0.342 e. The lowest BCUT2D eigenvalue weighted by Crippen LogP contribution is -2.40. The molecule has 4 heteroatoms. The number of hydrogen-bond donors (Lipinski definition) is 1. The van der Waals surface area contributed by atoms with Crippen molar-refractivity contribution >= 4 is 5.91 Å². The molecule has 24 heavy (non-hydrogen) atoms. The molecular weight excluding hydrogens is 300 g/mol. The molecule has 3 rings (SSSR count). The maximum atomic E-state index is 12.9. The van der Waals surface area contributed by atoms with Crippen molar-refractivity contribution in [2.75, 3.05) is 13.1 Å². The predicted molar refractivity (Wildman–Crippen MR) is 95.1 cm³/mol. The number of nitrogens with one attached hydrogen (secondary N) is 1. The number of aromatic amines is 1. The van der Waals surface area contributed by atoms with Gasteiger partial charge < -0.3 is 9.88 Å². The first-order valence-corrected chi connectivity index (χ1v) is 8.71. The summed E-state index contributed by atoms with van der Waals surface area (Å²) in [6, 6.07) is 13.7.